The summed E-state index contributed by atoms with van der Waals surface area (Å²) in [5.74, 6) is -0.461. The van der Waals surface area contributed by atoms with Crippen LogP contribution in [-0.4, -0.2) is 68.7 Å². The second-order valence-electron chi connectivity index (χ2n) is 4.76. The Bertz CT molecular complexity index is 486. The molecule has 2 unspecified atom stereocenters. The molecular weight excluding hydrogens is 288 g/mol. The first-order valence-electron chi connectivity index (χ1n) is 6.08. The average Bonchev–Trinajstić information content (AvgIpc) is 2.89. The van der Waals surface area contributed by atoms with E-state index < -0.39 is 41.0 Å². The van der Waals surface area contributed by atoms with Crippen LogP contribution in [-0.2, 0) is 9.53 Å². The molecule has 0 saturated carbocycles. The second-order valence-corrected chi connectivity index (χ2v) is 5.86. The maximum absolute atomic E-state index is 12.1. The lowest BCUT2D eigenvalue weighted by Gasteiger charge is -2.32. The van der Waals surface area contributed by atoms with E-state index in [1.807, 2.05) is 0 Å². The van der Waals surface area contributed by atoms with Gasteiger partial charge in [-0.15, -0.1) is 0 Å². The van der Waals surface area contributed by atoms with E-state index in [0.29, 0.717) is 0 Å². The Labute approximate surface area is 118 Å². The number of hydrogen-bond acceptors (Lipinski definition) is 8. The highest BCUT2D eigenvalue weighted by atomic mass is 32.2. The summed E-state index contributed by atoms with van der Waals surface area (Å²) in [7, 11) is 0. The summed E-state index contributed by atoms with van der Waals surface area (Å²) in [5.41, 5.74) is 5.50. The second kappa shape index (κ2) is 4.88. The molecule has 3 aliphatic heterocycles. The number of hydrogen-bond donors (Lipinski definition) is 4. The van der Waals surface area contributed by atoms with Crippen LogP contribution in [0.15, 0.2) is 4.99 Å². The lowest BCUT2D eigenvalue weighted by molar-refractivity contribution is -0.122. The maximum atomic E-state index is 12.1. The van der Waals surface area contributed by atoms with E-state index in [4.69, 9.17) is 15.6 Å². The number of ether oxygens (including phenoxy) is 1. The molecule has 10 heteroatoms. The van der Waals surface area contributed by atoms with E-state index >= 15 is 0 Å². The van der Waals surface area contributed by atoms with Crippen molar-refractivity contribution in [2.45, 2.75) is 36.3 Å². The molecule has 5 N–H and O–H groups in total. The van der Waals surface area contributed by atoms with Crippen molar-refractivity contribution in [1.82, 2.24) is 10.2 Å². The van der Waals surface area contributed by atoms with E-state index in [9.17, 15) is 14.7 Å². The highest BCUT2D eigenvalue weighted by molar-refractivity contribution is 8.15. The summed E-state index contributed by atoms with van der Waals surface area (Å²) >= 11 is 0.824. The van der Waals surface area contributed by atoms with Gasteiger partial charge in [-0.25, -0.2) is 4.99 Å². The van der Waals surface area contributed by atoms with E-state index in [0.717, 1.165) is 11.8 Å². The standard InChI is InChI=1S/C10H14N4O5S/c11-9-12-6-5(7(17)13-9)20-10(18)14(6)8-4(16)1-3(2-15)19-8/h3-6,8,15-16H,1-2H2,(H3,11,12,13,17)/t3-,4+,5?,6?,8+/m0/s1. The molecule has 2 amide bonds. The number of nitrogens with one attached hydrogen (secondary N) is 1. The van der Waals surface area contributed by atoms with E-state index in [-0.39, 0.29) is 19.0 Å². The molecule has 9 nitrogen and oxygen atoms in total. The molecule has 110 valence electrons. The molecule has 3 aliphatic rings. The number of aliphatic hydroxyl groups is 2. The number of aliphatic imine (C=N–C) groups is 1. The fourth-order valence-electron chi connectivity index (χ4n) is 2.53. The van der Waals surface area contributed by atoms with Crippen molar-refractivity contribution in [3.8, 4) is 0 Å². The highest BCUT2D eigenvalue weighted by Gasteiger charge is 2.53. The first-order chi connectivity index (χ1) is 9.51. The van der Waals surface area contributed by atoms with Gasteiger partial charge in [-0.05, 0) is 11.8 Å². The molecule has 2 fully saturated rings. The van der Waals surface area contributed by atoms with E-state index in [1.165, 1.54) is 4.90 Å². The van der Waals surface area contributed by atoms with Gasteiger partial charge in [0.25, 0.3) is 5.24 Å². The van der Waals surface area contributed by atoms with Crippen molar-refractivity contribution >= 4 is 28.9 Å². The number of nitrogens with two attached hydrogens (primary N) is 1. The van der Waals surface area contributed by atoms with Gasteiger partial charge in [0.05, 0.1) is 12.7 Å². The van der Waals surface area contributed by atoms with Crippen LogP contribution < -0.4 is 11.1 Å². The normalized spacial score (nSPS) is 40.6. The minimum Gasteiger partial charge on any atom is -0.394 e. The van der Waals surface area contributed by atoms with Crippen LogP contribution in [0, 0.1) is 0 Å². The summed E-state index contributed by atoms with van der Waals surface area (Å²) in [6, 6.07) is 0. The van der Waals surface area contributed by atoms with Crippen LogP contribution in [0.5, 0.6) is 0 Å². The van der Waals surface area contributed by atoms with Crippen LogP contribution in [0.25, 0.3) is 0 Å². The zero-order chi connectivity index (χ0) is 14.4. The van der Waals surface area contributed by atoms with Gasteiger partial charge in [0.15, 0.2) is 18.4 Å². The molecule has 3 heterocycles. The molecule has 0 radical (unpaired) electrons. The first-order valence-corrected chi connectivity index (χ1v) is 6.96. The van der Waals surface area contributed by atoms with Gasteiger partial charge in [-0.3, -0.25) is 19.8 Å². The minimum atomic E-state index is -0.933. The minimum absolute atomic E-state index is 0.0669. The Balaban J connectivity index is 1.87. The Morgan fingerprint density at radius 3 is 2.95 bits per heavy atom. The molecule has 2 saturated heterocycles. The monoisotopic (exact) mass is 302 g/mol. The van der Waals surface area contributed by atoms with Crippen molar-refractivity contribution < 1.29 is 24.5 Å². The lowest BCUT2D eigenvalue weighted by atomic mass is 10.1. The fraction of sp³-hybridized carbons (Fsp3) is 0.700. The Hall–Kier alpha value is -1.36. The molecule has 0 aliphatic carbocycles. The van der Waals surface area contributed by atoms with Crippen molar-refractivity contribution in [1.29, 1.82) is 0 Å². The summed E-state index contributed by atoms with van der Waals surface area (Å²) in [5, 5.41) is 20.3. The number of amides is 2. The predicted octanol–water partition coefficient (Wildman–Crippen LogP) is -2.24. The van der Waals surface area contributed by atoms with E-state index in [1.54, 1.807) is 0 Å². The number of fused-ring (bicyclic) bond motifs is 1. The largest absolute Gasteiger partial charge is 0.394 e. The van der Waals surface area contributed by atoms with Gasteiger partial charge < -0.3 is 20.7 Å². The van der Waals surface area contributed by atoms with Crippen LogP contribution in [0.2, 0.25) is 0 Å². The van der Waals surface area contributed by atoms with Crippen molar-refractivity contribution in [2.75, 3.05) is 6.61 Å². The van der Waals surface area contributed by atoms with Gasteiger partial charge in [-0.1, -0.05) is 0 Å². The molecule has 0 spiro atoms. The summed E-state index contributed by atoms with van der Waals surface area (Å²) in [6.07, 6.45) is -2.97. The number of guanidine groups is 1. The third-order valence-electron chi connectivity index (χ3n) is 3.42. The van der Waals surface area contributed by atoms with Crippen molar-refractivity contribution in [3.05, 3.63) is 0 Å². The van der Waals surface area contributed by atoms with Crippen LogP contribution >= 0.6 is 11.8 Å². The smallest absolute Gasteiger partial charge is 0.286 e. The van der Waals surface area contributed by atoms with Gasteiger partial charge in [-0.2, -0.15) is 0 Å². The summed E-state index contributed by atoms with van der Waals surface area (Å²) < 4.78 is 5.45. The first kappa shape index (κ1) is 13.6. The SMILES string of the molecule is NC1=NC2C(SC(=O)N2[C@@H]2O[C@H](CO)C[C@H]2O)C(=O)N1. The summed E-state index contributed by atoms with van der Waals surface area (Å²) in [4.78, 5) is 29.1. The number of carbonyl (C=O) groups is 2. The van der Waals surface area contributed by atoms with Crippen LogP contribution in [0.1, 0.15) is 6.42 Å². The maximum Gasteiger partial charge on any atom is 0.286 e. The zero-order valence-corrected chi connectivity index (χ0v) is 11.1. The van der Waals surface area contributed by atoms with Crippen molar-refractivity contribution in [3.63, 3.8) is 0 Å². The number of rotatable bonds is 2. The molecule has 0 aromatic heterocycles. The Morgan fingerprint density at radius 2 is 2.30 bits per heavy atom. The van der Waals surface area contributed by atoms with Gasteiger partial charge in [0, 0.05) is 6.42 Å². The van der Waals surface area contributed by atoms with Gasteiger partial charge in [0.1, 0.15) is 11.4 Å². The average molecular weight is 302 g/mol. The topological polar surface area (TPSA) is 137 Å². The molecule has 5 atom stereocenters. The molecule has 3 rings (SSSR count). The summed E-state index contributed by atoms with van der Waals surface area (Å²) in [6.45, 7) is -0.247. The quantitative estimate of drug-likeness (QED) is 0.452. The number of carbonyl (C=O) groups excluding carboxylic acids is 2. The number of nitrogens with zero attached hydrogens (tertiary/aromatic N) is 2. The zero-order valence-electron chi connectivity index (χ0n) is 10.3. The highest BCUT2D eigenvalue weighted by Crippen LogP contribution is 2.38. The van der Waals surface area contributed by atoms with Crippen LogP contribution in [0.3, 0.4) is 0 Å². The van der Waals surface area contributed by atoms with Crippen molar-refractivity contribution in [2.24, 2.45) is 10.7 Å². The van der Waals surface area contributed by atoms with Gasteiger partial charge >= 0.3 is 0 Å². The lowest BCUT2D eigenvalue weighted by Crippen LogP contribution is -2.56. The van der Waals surface area contributed by atoms with Crippen LogP contribution in [0.4, 0.5) is 4.79 Å². The Kier molecular flexibility index (Phi) is 3.32. The molecule has 20 heavy (non-hydrogen) atoms. The third-order valence-corrected chi connectivity index (χ3v) is 4.54. The molecule has 0 bridgehead atoms. The van der Waals surface area contributed by atoms with E-state index in [2.05, 4.69) is 10.3 Å². The number of aliphatic hydroxyl groups excluding tert-OH is 2. The number of thioether (sulfide) groups is 1. The Morgan fingerprint density at radius 1 is 1.55 bits per heavy atom. The fourth-order valence-corrected chi connectivity index (χ4v) is 3.56. The molecular formula is C10H14N4O5S. The predicted molar refractivity (Wildman–Crippen MR) is 68.5 cm³/mol. The third kappa shape index (κ3) is 2.04. The van der Waals surface area contributed by atoms with Gasteiger partial charge in [0.2, 0.25) is 5.91 Å². The molecule has 0 aromatic carbocycles. The molecule has 0 aromatic rings.